The highest BCUT2D eigenvalue weighted by molar-refractivity contribution is 6.12. The standard InChI is InChI=1S/C41H69N7O10/c1-40(2,20-25-57-41(3,4)19-23-47-28-30(45-46-47)26-31-27-32(50)39(56)33(29-49)58-31)44-36(53)16-13-21-42-34(51)14-11-9-7-5-6-8-10-12-15-35(52)43-22-24-48-37(54)17-18-38(48)55/h17-18,28,31-33,39,49-50,56H,5-16,19-27,29H2,1-4H3,(H,42,51)(H,43,52)(H,44,53)/t31-,32+,33+,39+/m0/s1. The van der Waals surface area contributed by atoms with Crippen molar-refractivity contribution in [1.29, 1.82) is 0 Å². The fraction of sp³-hybridized carbons (Fsp3) is 0.780. The van der Waals surface area contributed by atoms with Crippen molar-refractivity contribution in [3.05, 3.63) is 24.0 Å². The first-order valence-corrected chi connectivity index (χ1v) is 21.1. The molecule has 0 bridgehead atoms. The lowest BCUT2D eigenvalue weighted by atomic mass is 9.96. The predicted molar refractivity (Wildman–Crippen MR) is 215 cm³/mol. The van der Waals surface area contributed by atoms with E-state index in [9.17, 15) is 39.3 Å². The number of amides is 5. The minimum atomic E-state index is -1.11. The van der Waals surface area contributed by atoms with Crippen molar-refractivity contribution in [1.82, 2.24) is 35.8 Å². The maximum absolute atomic E-state index is 12.6. The zero-order valence-corrected chi connectivity index (χ0v) is 35.1. The summed E-state index contributed by atoms with van der Waals surface area (Å²) in [6.45, 7) is 9.51. The van der Waals surface area contributed by atoms with E-state index < -0.39 is 29.5 Å². The van der Waals surface area contributed by atoms with Gasteiger partial charge in [-0.3, -0.25) is 33.6 Å². The summed E-state index contributed by atoms with van der Waals surface area (Å²) in [7, 11) is 0. The van der Waals surface area contributed by atoms with Crippen LogP contribution in [0.2, 0.25) is 0 Å². The van der Waals surface area contributed by atoms with Gasteiger partial charge in [-0.2, -0.15) is 0 Å². The molecule has 4 atom stereocenters. The minimum absolute atomic E-state index is 0.00609. The Labute approximate surface area is 343 Å². The molecule has 0 aromatic carbocycles. The third kappa shape index (κ3) is 18.9. The number of unbranched alkanes of at least 4 members (excludes halogenated alkanes) is 7. The molecule has 1 saturated heterocycles. The van der Waals surface area contributed by atoms with Gasteiger partial charge in [-0.1, -0.05) is 43.7 Å². The number of hydrogen-bond acceptors (Lipinski definition) is 12. The SMILES string of the molecule is CC(C)(CCOC(C)(C)CCn1cc(C[C@H]2C[C@@H](O)[C@@H](O)[C@@H](CO)O2)nn1)NC(=O)CCCNC(=O)CCCCCCCCCCC(=O)NCCN1C(=O)C=CC1=O. The Morgan fingerprint density at radius 3 is 2.03 bits per heavy atom. The van der Waals surface area contributed by atoms with Crippen molar-refractivity contribution in [2.45, 2.75) is 173 Å². The van der Waals surface area contributed by atoms with Gasteiger partial charge in [0.25, 0.3) is 11.8 Å². The Balaban J connectivity index is 1.13. The fourth-order valence-electron chi connectivity index (χ4n) is 6.88. The first-order valence-electron chi connectivity index (χ1n) is 21.1. The third-order valence-corrected chi connectivity index (χ3v) is 10.5. The number of carbonyl (C=O) groups is 5. The highest BCUT2D eigenvalue weighted by atomic mass is 16.5. The van der Waals surface area contributed by atoms with Crippen LogP contribution in [0, 0.1) is 0 Å². The van der Waals surface area contributed by atoms with Gasteiger partial charge in [0.1, 0.15) is 12.2 Å². The van der Waals surface area contributed by atoms with Crippen LogP contribution in [0.25, 0.3) is 0 Å². The van der Waals surface area contributed by atoms with Gasteiger partial charge in [0.2, 0.25) is 17.7 Å². The van der Waals surface area contributed by atoms with Crippen LogP contribution in [0.3, 0.4) is 0 Å². The number of nitrogens with one attached hydrogen (secondary N) is 3. The molecule has 5 amide bonds. The molecule has 1 aromatic rings. The fourth-order valence-corrected chi connectivity index (χ4v) is 6.88. The molecule has 0 spiro atoms. The summed E-state index contributed by atoms with van der Waals surface area (Å²) in [5.74, 6) is -0.821. The number of rotatable bonds is 29. The molecule has 328 valence electrons. The molecular weight excluding hydrogens is 750 g/mol. The summed E-state index contributed by atoms with van der Waals surface area (Å²) < 4.78 is 13.6. The lowest BCUT2D eigenvalue weighted by Crippen LogP contribution is -2.50. The van der Waals surface area contributed by atoms with Gasteiger partial charge in [-0.25, -0.2) is 0 Å². The van der Waals surface area contributed by atoms with E-state index in [4.69, 9.17) is 9.47 Å². The molecule has 3 heterocycles. The van der Waals surface area contributed by atoms with E-state index in [1.165, 1.54) is 12.2 Å². The Morgan fingerprint density at radius 1 is 0.828 bits per heavy atom. The second-order valence-electron chi connectivity index (χ2n) is 16.8. The average molecular weight is 820 g/mol. The number of hydrogen-bond donors (Lipinski definition) is 6. The smallest absolute Gasteiger partial charge is 0.253 e. The van der Waals surface area contributed by atoms with Crippen molar-refractivity contribution in [2.24, 2.45) is 0 Å². The van der Waals surface area contributed by atoms with E-state index in [2.05, 4.69) is 26.3 Å². The van der Waals surface area contributed by atoms with E-state index in [1.54, 1.807) is 4.68 Å². The highest BCUT2D eigenvalue weighted by Gasteiger charge is 2.36. The van der Waals surface area contributed by atoms with Crippen LogP contribution in [0.4, 0.5) is 0 Å². The van der Waals surface area contributed by atoms with Crippen molar-refractivity contribution >= 4 is 29.5 Å². The molecule has 1 fully saturated rings. The summed E-state index contributed by atoms with van der Waals surface area (Å²) in [6.07, 6.45) is 12.6. The molecule has 17 nitrogen and oxygen atoms in total. The first kappa shape index (κ1) is 48.6. The molecule has 2 aliphatic rings. The first-order chi connectivity index (χ1) is 27.6. The van der Waals surface area contributed by atoms with E-state index in [1.807, 2.05) is 33.9 Å². The van der Waals surface area contributed by atoms with Crippen LogP contribution >= 0.6 is 0 Å². The number of carbonyl (C=O) groups excluding carboxylic acids is 5. The zero-order valence-electron chi connectivity index (χ0n) is 35.1. The number of aryl methyl sites for hydroxylation is 1. The van der Waals surface area contributed by atoms with Gasteiger partial charge < -0.3 is 40.7 Å². The molecule has 2 aliphatic heterocycles. The molecule has 58 heavy (non-hydrogen) atoms. The molecular formula is C41H69N7O10. The summed E-state index contributed by atoms with van der Waals surface area (Å²) in [6, 6.07) is 0. The van der Waals surface area contributed by atoms with E-state index in [0.717, 1.165) is 56.3 Å². The minimum Gasteiger partial charge on any atom is -0.394 e. The Morgan fingerprint density at radius 2 is 1.41 bits per heavy atom. The van der Waals surface area contributed by atoms with Crippen LogP contribution in [0.5, 0.6) is 0 Å². The third-order valence-electron chi connectivity index (χ3n) is 10.5. The van der Waals surface area contributed by atoms with Gasteiger partial charge in [-0.05, 0) is 59.8 Å². The van der Waals surface area contributed by atoms with E-state index in [0.29, 0.717) is 70.3 Å². The molecule has 17 heteroatoms. The van der Waals surface area contributed by atoms with E-state index in [-0.39, 0.29) is 61.8 Å². The number of aliphatic hydroxyl groups excluding tert-OH is 3. The normalized spacial score (nSPS) is 19.8. The number of nitrogens with zero attached hydrogens (tertiary/aromatic N) is 4. The van der Waals surface area contributed by atoms with Crippen LogP contribution in [-0.2, 0) is 46.4 Å². The van der Waals surface area contributed by atoms with Gasteiger partial charge in [0.15, 0.2) is 0 Å². The quantitative estimate of drug-likeness (QED) is 0.0504. The second kappa shape index (κ2) is 25.0. The summed E-state index contributed by atoms with van der Waals surface area (Å²) >= 11 is 0. The second-order valence-corrected chi connectivity index (χ2v) is 16.8. The van der Waals surface area contributed by atoms with Crippen molar-refractivity contribution in [3.8, 4) is 0 Å². The van der Waals surface area contributed by atoms with E-state index >= 15 is 0 Å². The zero-order chi connectivity index (χ0) is 42.6. The number of aromatic nitrogens is 3. The Bertz CT molecular complexity index is 1460. The monoisotopic (exact) mass is 820 g/mol. The molecule has 6 N–H and O–H groups in total. The number of imide groups is 1. The summed E-state index contributed by atoms with van der Waals surface area (Å²) in [5, 5.41) is 46.6. The summed E-state index contributed by atoms with van der Waals surface area (Å²) in [4.78, 5) is 61.0. The van der Waals surface area contributed by atoms with Crippen molar-refractivity contribution < 1.29 is 48.8 Å². The number of aliphatic hydroxyl groups is 3. The molecule has 1 aromatic heterocycles. The average Bonchev–Trinajstić information content (AvgIpc) is 3.75. The van der Waals surface area contributed by atoms with Gasteiger partial charge in [0.05, 0.1) is 30.1 Å². The molecule has 0 unspecified atom stereocenters. The van der Waals surface area contributed by atoms with Crippen LogP contribution in [0.1, 0.15) is 130 Å². The summed E-state index contributed by atoms with van der Waals surface area (Å²) in [5.41, 5.74) is -0.217. The molecule has 0 radical (unpaired) electrons. The largest absolute Gasteiger partial charge is 0.394 e. The van der Waals surface area contributed by atoms with Crippen molar-refractivity contribution in [3.63, 3.8) is 0 Å². The van der Waals surface area contributed by atoms with Gasteiger partial charge in [-0.15, -0.1) is 5.10 Å². The van der Waals surface area contributed by atoms with Gasteiger partial charge >= 0.3 is 0 Å². The maximum atomic E-state index is 12.6. The molecule has 3 rings (SSSR count). The van der Waals surface area contributed by atoms with Gasteiger partial charge in [0, 0.05) is 88.8 Å². The van der Waals surface area contributed by atoms with Crippen molar-refractivity contribution in [2.75, 3.05) is 32.8 Å². The van der Waals surface area contributed by atoms with Crippen LogP contribution in [0.15, 0.2) is 18.3 Å². The maximum Gasteiger partial charge on any atom is 0.253 e. The Kier molecular flexibility index (Phi) is 20.9. The predicted octanol–water partition coefficient (Wildman–Crippen LogP) is 2.00. The highest BCUT2D eigenvalue weighted by Crippen LogP contribution is 2.23. The lowest BCUT2D eigenvalue weighted by Gasteiger charge is -2.36. The number of ether oxygens (including phenoxy) is 2. The molecule has 0 saturated carbocycles. The molecule has 0 aliphatic carbocycles. The van der Waals surface area contributed by atoms with Crippen LogP contribution in [-0.4, -0.2) is 133 Å². The van der Waals surface area contributed by atoms with Crippen LogP contribution < -0.4 is 16.0 Å². The lowest BCUT2D eigenvalue weighted by molar-refractivity contribution is -0.179. The Hall–Kier alpha value is -3.77. The topological polar surface area (TPSA) is 235 Å².